The Kier molecular flexibility index (Phi) is 9.84. The third kappa shape index (κ3) is 10.1. The van der Waals surface area contributed by atoms with Gasteiger partial charge in [0, 0.05) is 0 Å². The molecule has 0 aliphatic carbocycles. The van der Waals surface area contributed by atoms with E-state index >= 15 is 0 Å². The van der Waals surface area contributed by atoms with E-state index in [0.717, 1.165) is 0 Å². The van der Waals surface area contributed by atoms with Gasteiger partial charge in [0.2, 0.25) is 0 Å². The quantitative estimate of drug-likeness (QED) is 0.386. The van der Waals surface area contributed by atoms with Crippen LogP contribution in [0.3, 0.4) is 0 Å². The van der Waals surface area contributed by atoms with Gasteiger partial charge in [0.15, 0.2) is 11.5 Å². The molecule has 0 unspecified atom stereocenters. The molecule has 92 valence electrons. The van der Waals surface area contributed by atoms with Crippen molar-refractivity contribution >= 4 is 11.9 Å². The van der Waals surface area contributed by atoms with E-state index in [1.165, 1.54) is 6.08 Å². The predicted octanol–water partition coefficient (Wildman–Crippen LogP) is 1.54. The molecule has 0 radical (unpaired) electrons. The fourth-order valence-corrected chi connectivity index (χ4v) is 0.495. The molecule has 0 amide bonds. The van der Waals surface area contributed by atoms with Gasteiger partial charge < -0.3 is 20.1 Å². The minimum atomic E-state index is -1.27. The Bertz CT molecular complexity index is 279. The van der Waals surface area contributed by atoms with Crippen molar-refractivity contribution in [2.24, 2.45) is 0 Å². The van der Waals surface area contributed by atoms with Crippen LogP contribution in [0.1, 0.15) is 20.3 Å². The van der Waals surface area contributed by atoms with Crippen LogP contribution >= 0.6 is 0 Å². The third-order valence-corrected chi connectivity index (χ3v) is 1.13. The van der Waals surface area contributed by atoms with E-state index in [4.69, 9.17) is 15.3 Å². The second-order valence-corrected chi connectivity index (χ2v) is 2.47. The summed E-state index contributed by atoms with van der Waals surface area (Å²) in [5, 5.41) is 24.7. The maximum absolute atomic E-state index is 10.2. The number of ether oxygens (including phenoxy) is 1. The number of carbonyl (C=O) groups is 2. The molecule has 0 aromatic heterocycles. The van der Waals surface area contributed by atoms with Crippen LogP contribution in [0.4, 0.5) is 0 Å². The molecule has 0 rings (SSSR count). The molecule has 3 N–H and O–H groups in total. The highest BCUT2D eigenvalue weighted by Gasteiger charge is 2.01. The second kappa shape index (κ2) is 9.57. The number of allylic oxidation sites excluding steroid dienone is 1. The molecule has 0 atom stereocenters. The molecule has 0 aliphatic heterocycles. The van der Waals surface area contributed by atoms with Gasteiger partial charge in [-0.2, -0.15) is 0 Å². The van der Waals surface area contributed by atoms with Crippen molar-refractivity contribution in [2.75, 3.05) is 6.61 Å². The van der Waals surface area contributed by atoms with Crippen LogP contribution in [0, 0.1) is 0 Å². The van der Waals surface area contributed by atoms with Crippen molar-refractivity contribution in [3.8, 4) is 0 Å². The maximum atomic E-state index is 10.2. The Hall–Kier alpha value is -1.98. The number of hydrogen-bond donors (Lipinski definition) is 3. The molecule has 0 aromatic rings. The van der Waals surface area contributed by atoms with Gasteiger partial charge in [0.25, 0.3) is 0 Å². The van der Waals surface area contributed by atoms with E-state index in [-0.39, 0.29) is 6.61 Å². The summed E-state index contributed by atoms with van der Waals surface area (Å²) >= 11 is 0. The van der Waals surface area contributed by atoms with Crippen molar-refractivity contribution in [1.82, 2.24) is 0 Å². The first kappa shape index (κ1) is 16.4. The summed E-state index contributed by atoms with van der Waals surface area (Å²) in [6.45, 7) is 6.62. The molecule has 6 heteroatoms. The lowest BCUT2D eigenvalue weighted by molar-refractivity contribution is -0.141. The average molecular weight is 232 g/mol. The van der Waals surface area contributed by atoms with Crippen LogP contribution in [-0.4, -0.2) is 33.9 Å². The first-order valence-electron chi connectivity index (χ1n) is 4.54. The van der Waals surface area contributed by atoms with Gasteiger partial charge in [0.05, 0.1) is 6.61 Å². The zero-order valence-electron chi connectivity index (χ0n) is 9.27. The number of esters is 1. The van der Waals surface area contributed by atoms with Crippen molar-refractivity contribution < 1.29 is 29.6 Å². The summed E-state index contributed by atoms with van der Waals surface area (Å²) in [4.78, 5) is 19.9. The van der Waals surface area contributed by atoms with Crippen LogP contribution in [0.2, 0.25) is 0 Å². The van der Waals surface area contributed by atoms with Crippen molar-refractivity contribution in [3.05, 3.63) is 24.2 Å². The normalized spacial score (nSPS) is 9.75. The Labute approximate surface area is 93.5 Å². The van der Waals surface area contributed by atoms with Gasteiger partial charge >= 0.3 is 11.9 Å². The first-order valence-corrected chi connectivity index (χ1v) is 4.54. The Morgan fingerprint density at radius 2 is 1.75 bits per heavy atom. The van der Waals surface area contributed by atoms with Gasteiger partial charge in [0.1, 0.15) is 0 Å². The predicted molar refractivity (Wildman–Crippen MR) is 57.0 cm³/mol. The molecule has 0 spiro atoms. The lowest BCUT2D eigenvalue weighted by Crippen LogP contribution is -2.05. The number of hydrogen-bond acceptors (Lipinski definition) is 5. The van der Waals surface area contributed by atoms with E-state index in [1.54, 1.807) is 13.8 Å². The van der Waals surface area contributed by atoms with E-state index in [1.807, 2.05) is 0 Å². The van der Waals surface area contributed by atoms with E-state index in [2.05, 4.69) is 11.3 Å². The van der Waals surface area contributed by atoms with E-state index < -0.39 is 23.5 Å². The summed E-state index contributed by atoms with van der Waals surface area (Å²) in [6, 6.07) is 0. The molecule has 0 bridgehead atoms. The highest BCUT2D eigenvalue weighted by atomic mass is 16.5. The summed E-state index contributed by atoms with van der Waals surface area (Å²) in [5.74, 6) is -3.15. The third-order valence-electron chi connectivity index (χ3n) is 1.13. The summed E-state index contributed by atoms with van der Waals surface area (Å²) in [6.07, 6.45) is 1.78. The second-order valence-electron chi connectivity index (χ2n) is 2.47. The SMILES string of the molecule is C=C(O)C(=O)OCC.CCC=C(O)C(=O)O. The minimum absolute atomic E-state index is 0.262. The first-order chi connectivity index (χ1) is 7.36. The zero-order valence-corrected chi connectivity index (χ0v) is 9.27. The number of aliphatic carboxylic acids is 1. The van der Waals surface area contributed by atoms with Gasteiger partial charge in [-0.25, -0.2) is 9.59 Å². The smallest absolute Gasteiger partial charge is 0.372 e. The Morgan fingerprint density at radius 3 is 1.88 bits per heavy atom. The molecule has 0 saturated carbocycles. The largest absolute Gasteiger partial charge is 0.502 e. The number of rotatable bonds is 4. The van der Waals surface area contributed by atoms with Crippen LogP contribution in [0.5, 0.6) is 0 Å². The number of carboxylic acid groups (broad SMARTS) is 1. The summed E-state index contributed by atoms with van der Waals surface area (Å²) < 4.78 is 4.31. The van der Waals surface area contributed by atoms with Gasteiger partial charge in [-0.05, 0) is 26.0 Å². The van der Waals surface area contributed by atoms with Gasteiger partial charge in [-0.15, -0.1) is 0 Å². The zero-order chi connectivity index (χ0) is 13.1. The topological polar surface area (TPSA) is 104 Å². The lowest BCUT2D eigenvalue weighted by Gasteiger charge is -1.95. The van der Waals surface area contributed by atoms with Crippen LogP contribution in [0.25, 0.3) is 0 Å². The Morgan fingerprint density at radius 1 is 1.25 bits per heavy atom. The van der Waals surface area contributed by atoms with E-state index in [9.17, 15) is 9.59 Å². The highest BCUT2D eigenvalue weighted by molar-refractivity contribution is 5.84. The number of aliphatic hydroxyl groups is 2. The van der Waals surface area contributed by atoms with Crippen molar-refractivity contribution in [3.63, 3.8) is 0 Å². The molecular weight excluding hydrogens is 216 g/mol. The number of carbonyl (C=O) groups excluding carboxylic acids is 1. The van der Waals surface area contributed by atoms with Crippen LogP contribution in [0.15, 0.2) is 24.2 Å². The van der Waals surface area contributed by atoms with Gasteiger partial charge in [-0.1, -0.05) is 6.92 Å². The molecule has 0 heterocycles. The minimum Gasteiger partial charge on any atom is -0.502 e. The average Bonchev–Trinajstić information content (AvgIpc) is 2.19. The van der Waals surface area contributed by atoms with Crippen LogP contribution < -0.4 is 0 Å². The summed E-state index contributed by atoms with van der Waals surface area (Å²) in [5.41, 5.74) is 0. The molecule has 0 aliphatic rings. The standard InChI is InChI=1S/2C5H8O3/c1-3-8-5(7)4(2)6;1-2-3-4(6)5(7)8/h6H,2-3H2,1H3;3,6H,2H2,1H3,(H,7,8). The lowest BCUT2D eigenvalue weighted by atomic mass is 10.4. The van der Waals surface area contributed by atoms with Crippen molar-refractivity contribution in [1.29, 1.82) is 0 Å². The molecule has 0 fully saturated rings. The highest BCUT2D eigenvalue weighted by Crippen LogP contribution is 1.89. The molecule has 6 nitrogen and oxygen atoms in total. The molecular formula is C10H16O6. The number of aliphatic hydroxyl groups excluding tert-OH is 2. The van der Waals surface area contributed by atoms with Crippen molar-refractivity contribution in [2.45, 2.75) is 20.3 Å². The monoisotopic (exact) mass is 232 g/mol. The van der Waals surface area contributed by atoms with Crippen LogP contribution in [-0.2, 0) is 14.3 Å². The van der Waals surface area contributed by atoms with E-state index in [0.29, 0.717) is 6.42 Å². The fourth-order valence-electron chi connectivity index (χ4n) is 0.495. The Balaban J connectivity index is 0. The molecule has 0 saturated heterocycles. The summed E-state index contributed by atoms with van der Waals surface area (Å²) in [7, 11) is 0. The molecule has 16 heavy (non-hydrogen) atoms. The number of carboxylic acids is 1. The maximum Gasteiger partial charge on any atom is 0.372 e. The van der Waals surface area contributed by atoms with Gasteiger partial charge in [-0.3, -0.25) is 0 Å². The molecule has 0 aromatic carbocycles. The fraction of sp³-hybridized carbons (Fsp3) is 0.400.